The van der Waals surface area contributed by atoms with Crippen LogP contribution < -0.4 is 15.1 Å². The fraction of sp³-hybridized carbons (Fsp3) is 0.276. The molecule has 2 aliphatic rings. The number of fused-ring (bicyclic) bond motifs is 1. The first-order valence-electron chi connectivity index (χ1n) is 12.5. The molecule has 3 aromatic carbocycles. The first kappa shape index (κ1) is 24.5. The Labute approximate surface area is 216 Å². The third-order valence-corrected chi connectivity index (χ3v) is 6.98. The van der Waals surface area contributed by atoms with Crippen molar-refractivity contribution in [3.8, 4) is 11.1 Å². The maximum atomic E-state index is 13.3. The Morgan fingerprint density at radius 3 is 2.24 bits per heavy atom. The minimum absolute atomic E-state index is 0.0112. The van der Waals surface area contributed by atoms with Gasteiger partial charge in [-0.1, -0.05) is 48.5 Å². The number of hydrogen-bond acceptors (Lipinski definition) is 4. The van der Waals surface area contributed by atoms with E-state index < -0.39 is 6.09 Å². The number of nitrogens with zero attached hydrogens (tertiary/aromatic N) is 3. The summed E-state index contributed by atoms with van der Waals surface area (Å²) in [6.45, 7) is 5.02. The van der Waals surface area contributed by atoms with Crippen molar-refractivity contribution in [2.45, 2.75) is 19.4 Å². The largest absolute Gasteiger partial charge is 0.465 e. The highest BCUT2D eigenvalue weighted by Crippen LogP contribution is 2.39. The molecule has 37 heavy (non-hydrogen) atoms. The summed E-state index contributed by atoms with van der Waals surface area (Å²) in [7, 11) is 0. The number of amides is 3. The number of carbonyl (C=O) groups is 3. The topological polar surface area (TPSA) is 93.2 Å². The fourth-order valence-electron chi connectivity index (χ4n) is 5.08. The van der Waals surface area contributed by atoms with Crippen molar-refractivity contribution in [2.75, 3.05) is 42.5 Å². The summed E-state index contributed by atoms with van der Waals surface area (Å²) in [4.78, 5) is 43.1. The van der Waals surface area contributed by atoms with E-state index in [1.54, 1.807) is 4.90 Å². The van der Waals surface area contributed by atoms with Crippen LogP contribution in [0.25, 0.3) is 11.1 Å². The van der Waals surface area contributed by atoms with Gasteiger partial charge in [-0.2, -0.15) is 0 Å². The van der Waals surface area contributed by atoms with Crippen LogP contribution in [0.4, 0.5) is 16.2 Å². The van der Waals surface area contributed by atoms with Crippen LogP contribution in [0.3, 0.4) is 0 Å². The summed E-state index contributed by atoms with van der Waals surface area (Å²) in [5, 5.41) is 13.2. The number of nitrogens with one attached hydrogen (secondary N) is 1. The van der Waals surface area contributed by atoms with Gasteiger partial charge in [0.15, 0.2) is 0 Å². The molecule has 0 aromatic heterocycles. The standard InChI is InChI=1S/C29H30N4O4/c1-20-19-32(29(36)37)26-18-24(11-12-25(26)33(20)27(34)17-21-5-3-2-4-6-21)22-7-9-23(10-8-22)28(35)31-15-13-30-14-16-31/h2-12,18,20,30H,13-17,19H2,1H3,(H,36,37)/t20-/m0/s1. The van der Waals surface area contributed by atoms with Gasteiger partial charge in [-0.3, -0.25) is 14.5 Å². The van der Waals surface area contributed by atoms with E-state index in [2.05, 4.69) is 5.32 Å². The number of benzene rings is 3. The van der Waals surface area contributed by atoms with Crippen LogP contribution >= 0.6 is 0 Å². The van der Waals surface area contributed by atoms with Crippen LogP contribution in [-0.4, -0.2) is 66.7 Å². The number of carbonyl (C=O) groups excluding carboxylic acids is 2. The van der Waals surface area contributed by atoms with E-state index >= 15 is 0 Å². The van der Waals surface area contributed by atoms with Gasteiger partial charge in [-0.05, 0) is 47.9 Å². The van der Waals surface area contributed by atoms with Gasteiger partial charge in [0.1, 0.15) is 0 Å². The first-order chi connectivity index (χ1) is 17.9. The van der Waals surface area contributed by atoms with Crippen molar-refractivity contribution in [2.24, 2.45) is 0 Å². The van der Waals surface area contributed by atoms with E-state index in [1.165, 1.54) is 4.90 Å². The number of piperazine rings is 1. The van der Waals surface area contributed by atoms with E-state index in [0.717, 1.165) is 29.8 Å². The molecule has 0 bridgehead atoms. The minimum atomic E-state index is -1.06. The van der Waals surface area contributed by atoms with E-state index in [1.807, 2.05) is 84.6 Å². The van der Waals surface area contributed by atoms with Crippen LogP contribution in [-0.2, 0) is 11.2 Å². The average Bonchev–Trinajstić information content (AvgIpc) is 2.93. The van der Waals surface area contributed by atoms with Gasteiger partial charge in [-0.25, -0.2) is 4.79 Å². The molecular weight excluding hydrogens is 468 g/mol. The molecule has 2 N–H and O–H groups in total. The lowest BCUT2D eigenvalue weighted by molar-refractivity contribution is -0.118. The Kier molecular flexibility index (Phi) is 6.92. The van der Waals surface area contributed by atoms with E-state index in [4.69, 9.17) is 0 Å². The lowest BCUT2D eigenvalue weighted by Crippen LogP contribution is -2.52. The summed E-state index contributed by atoms with van der Waals surface area (Å²) >= 11 is 0. The quantitative estimate of drug-likeness (QED) is 0.570. The van der Waals surface area contributed by atoms with Crippen molar-refractivity contribution < 1.29 is 19.5 Å². The zero-order chi connectivity index (χ0) is 25.9. The van der Waals surface area contributed by atoms with Gasteiger partial charge >= 0.3 is 6.09 Å². The van der Waals surface area contributed by atoms with E-state index in [9.17, 15) is 19.5 Å². The third kappa shape index (κ3) is 5.06. The van der Waals surface area contributed by atoms with Crippen molar-refractivity contribution in [1.29, 1.82) is 0 Å². The van der Waals surface area contributed by atoms with Gasteiger partial charge in [0.05, 0.1) is 23.8 Å². The molecule has 0 radical (unpaired) electrons. The molecule has 0 aliphatic carbocycles. The van der Waals surface area contributed by atoms with Crippen molar-refractivity contribution in [3.05, 3.63) is 83.9 Å². The van der Waals surface area contributed by atoms with Crippen LogP contribution in [0, 0.1) is 0 Å². The lowest BCUT2D eigenvalue weighted by Gasteiger charge is -2.40. The Bertz CT molecular complexity index is 1300. The monoisotopic (exact) mass is 498 g/mol. The molecule has 0 saturated carbocycles. The van der Waals surface area contributed by atoms with Crippen molar-refractivity contribution in [1.82, 2.24) is 10.2 Å². The summed E-state index contributed by atoms with van der Waals surface area (Å²) in [6, 6.07) is 22.1. The van der Waals surface area contributed by atoms with Gasteiger partial charge in [0.25, 0.3) is 5.91 Å². The second kappa shape index (κ2) is 10.4. The first-order valence-corrected chi connectivity index (χ1v) is 12.5. The minimum Gasteiger partial charge on any atom is -0.465 e. The second-order valence-electron chi connectivity index (χ2n) is 9.49. The van der Waals surface area contributed by atoms with E-state index in [-0.39, 0.29) is 30.8 Å². The van der Waals surface area contributed by atoms with Crippen LogP contribution in [0.5, 0.6) is 0 Å². The molecule has 3 aromatic rings. The predicted octanol–water partition coefficient (Wildman–Crippen LogP) is 3.86. The SMILES string of the molecule is C[C@H]1CN(C(=O)O)c2cc(-c3ccc(C(=O)N4CCNCC4)cc3)ccc2N1C(=O)Cc1ccccc1. The predicted molar refractivity (Wildman–Crippen MR) is 143 cm³/mol. The molecule has 8 nitrogen and oxygen atoms in total. The molecule has 2 heterocycles. The average molecular weight is 499 g/mol. The second-order valence-corrected chi connectivity index (χ2v) is 9.49. The Morgan fingerprint density at radius 1 is 0.892 bits per heavy atom. The molecular formula is C29H30N4O4. The summed E-state index contributed by atoms with van der Waals surface area (Å²) in [5.41, 5.74) is 4.28. The molecule has 0 unspecified atom stereocenters. The maximum absolute atomic E-state index is 13.3. The zero-order valence-electron chi connectivity index (χ0n) is 20.8. The summed E-state index contributed by atoms with van der Waals surface area (Å²) in [6.07, 6.45) is -0.820. The summed E-state index contributed by atoms with van der Waals surface area (Å²) in [5.74, 6) is -0.0642. The van der Waals surface area contributed by atoms with Gasteiger partial charge in [-0.15, -0.1) is 0 Å². The summed E-state index contributed by atoms with van der Waals surface area (Å²) < 4.78 is 0. The normalized spacial score (nSPS) is 17.3. The van der Waals surface area contributed by atoms with Gasteiger partial charge in [0, 0.05) is 38.3 Å². The molecule has 3 amide bonds. The Hall–Kier alpha value is -4.17. The molecule has 5 rings (SSSR count). The molecule has 190 valence electrons. The van der Waals surface area contributed by atoms with Crippen LogP contribution in [0.2, 0.25) is 0 Å². The van der Waals surface area contributed by atoms with E-state index in [0.29, 0.717) is 30.0 Å². The van der Waals surface area contributed by atoms with Gasteiger partial charge in [0.2, 0.25) is 5.91 Å². The molecule has 0 spiro atoms. The van der Waals surface area contributed by atoms with Gasteiger partial charge < -0.3 is 20.2 Å². The molecule has 1 atom stereocenters. The van der Waals surface area contributed by atoms with Crippen molar-refractivity contribution >= 4 is 29.3 Å². The van der Waals surface area contributed by atoms with Crippen molar-refractivity contribution in [3.63, 3.8) is 0 Å². The lowest BCUT2D eigenvalue weighted by atomic mass is 9.99. The number of rotatable bonds is 4. The highest BCUT2D eigenvalue weighted by Gasteiger charge is 2.35. The number of hydrogen-bond donors (Lipinski definition) is 2. The number of anilines is 2. The third-order valence-electron chi connectivity index (χ3n) is 6.98. The molecule has 1 fully saturated rings. The molecule has 8 heteroatoms. The zero-order valence-corrected chi connectivity index (χ0v) is 20.8. The smallest absolute Gasteiger partial charge is 0.411 e. The maximum Gasteiger partial charge on any atom is 0.411 e. The van der Waals surface area contributed by atoms with Crippen LogP contribution in [0.15, 0.2) is 72.8 Å². The molecule has 2 aliphatic heterocycles. The Morgan fingerprint density at radius 2 is 1.57 bits per heavy atom. The highest BCUT2D eigenvalue weighted by molar-refractivity contribution is 6.04. The highest BCUT2D eigenvalue weighted by atomic mass is 16.4. The fourth-order valence-corrected chi connectivity index (χ4v) is 5.08. The molecule has 1 saturated heterocycles. The Balaban J connectivity index is 1.43. The van der Waals surface area contributed by atoms with Crippen LogP contribution in [0.1, 0.15) is 22.8 Å². The number of carboxylic acid groups (broad SMARTS) is 1.